The van der Waals surface area contributed by atoms with Crippen molar-refractivity contribution in [3.8, 4) is 0 Å². The van der Waals surface area contributed by atoms with E-state index in [1.54, 1.807) is 6.20 Å². The highest BCUT2D eigenvalue weighted by atomic mass is 19.1. The summed E-state index contributed by atoms with van der Waals surface area (Å²) in [7, 11) is 0. The summed E-state index contributed by atoms with van der Waals surface area (Å²) < 4.78 is 12.8. The van der Waals surface area contributed by atoms with Gasteiger partial charge < -0.3 is 10.6 Å². The molecule has 108 valence electrons. The summed E-state index contributed by atoms with van der Waals surface area (Å²) in [5.74, 6) is -0.566. The number of halogens is 1. The number of amides is 1. The molecule has 0 saturated heterocycles. The maximum Gasteiger partial charge on any atom is 0.251 e. The predicted octanol–water partition coefficient (Wildman–Crippen LogP) is 1.80. The van der Waals surface area contributed by atoms with Gasteiger partial charge in [-0.1, -0.05) is 0 Å². The number of carbonyl (C=O) groups excluding carboxylic acids is 1. The van der Waals surface area contributed by atoms with E-state index in [4.69, 9.17) is 0 Å². The first-order valence-corrected chi connectivity index (χ1v) is 6.93. The van der Waals surface area contributed by atoms with E-state index in [1.165, 1.54) is 29.8 Å². The molecule has 0 spiro atoms. The second kappa shape index (κ2) is 6.01. The third kappa shape index (κ3) is 3.25. The van der Waals surface area contributed by atoms with Crippen LogP contribution >= 0.6 is 0 Å². The van der Waals surface area contributed by atoms with E-state index in [9.17, 15) is 9.18 Å². The molecular weight excluding hydrogens is 269 g/mol. The van der Waals surface area contributed by atoms with Gasteiger partial charge in [0.2, 0.25) is 0 Å². The Morgan fingerprint density at radius 2 is 2.14 bits per heavy atom. The Balaban J connectivity index is 1.64. The van der Waals surface area contributed by atoms with Gasteiger partial charge in [0.25, 0.3) is 5.91 Å². The van der Waals surface area contributed by atoms with Gasteiger partial charge in [-0.15, -0.1) is 0 Å². The standard InChI is InChI=1S/C16H16FN3O/c17-14-3-1-12(2-4-14)16(21)20-9-11-7-13-10-18-6-5-15(13)19-8-11/h1-4,7-8,18H,5-6,9-10H2,(H,20,21). The van der Waals surface area contributed by atoms with Crippen LogP contribution in [0.3, 0.4) is 0 Å². The normalized spacial score (nSPS) is 13.6. The average Bonchev–Trinajstić information content (AvgIpc) is 2.53. The molecule has 0 saturated carbocycles. The van der Waals surface area contributed by atoms with Gasteiger partial charge >= 0.3 is 0 Å². The van der Waals surface area contributed by atoms with E-state index in [2.05, 4.69) is 21.7 Å². The minimum Gasteiger partial charge on any atom is -0.348 e. The largest absolute Gasteiger partial charge is 0.348 e. The highest BCUT2D eigenvalue weighted by Gasteiger charge is 2.11. The molecular formula is C16H16FN3O. The zero-order valence-corrected chi connectivity index (χ0v) is 11.5. The fraction of sp³-hybridized carbons (Fsp3) is 0.250. The van der Waals surface area contributed by atoms with Crippen LogP contribution in [0, 0.1) is 5.82 Å². The molecule has 0 unspecified atom stereocenters. The van der Waals surface area contributed by atoms with Gasteiger partial charge in [0, 0.05) is 43.5 Å². The van der Waals surface area contributed by atoms with Crippen LogP contribution in [0.25, 0.3) is 0 Å². The number of carbonyl (C=O) groups is 1. The number of pyridine rings is 1. The first kappa shape index (κ1) is 13.7. The highest BCUT2D eigenvalue weighted by molar-refractivity contribution is 5.94. The Morgan fingerprint density at radius 3 is 2.95 bits per heavy atom. The molecule has 5 heteroatoms. The maximum absolute atomic E-state index is 12.8. The summed E-state index contributed by atoms with van der Waals surface area (Å²) in [5.41, 5.74) is 3.73. The lowest BCUT2D eigenvalue weighted by atomic mass is 10.1. The lowest BCUT2D eigenvalue weighted by Crippen LogP contribution is -2.26. The number of nitrogens with zero attached hydrogens (tertiary/aromatic N) is 1. The summed E-state index contributed by atoms with van der Waals surface area (Å²) in [6, 6.07) is 7.57. The zero-order valence-electron chi connectivity index (χ0n) is 11.5. The molecule has 3 rings (SSSR count). The molecule has 0 radical (unpaired) electrons. The first-order chi connectivity index (χ1) is 10.2. The number of fused-ring (bicyclic) bond motifs is 1. The minimum absolute atomic E-state index is 0.217. The molecule has 0 atom stereocenters. The van der Waals surface area contributed by atoms with Crippen molar-refractivity contribution in [2.75, 3.05) is 6.54 Å². The number of nitrogens with one attached hydrogen (secondary N) is 2. The van der Waals surface area contributed by atoms with Crippen molar-refractivity contribution in [2.45, 2.75) is 19.5 Å². The molecule has 0 fully saturated rings. The van der Waals surface area contributed by atoms with E-state index in [-0.39, 0.29) is 11.7 Å². The summed E-state index contributed by atoms with van der Waals surface area (Å²) >= 11 is 0. The van der Waals surface area contributed by atoms with Crippen LogP contribution in [0.2, 0.25) is 0 Å². The second-order valence-corrected chi connectivity index (χ2v) is 5.07. The minimum atomic E-state index is -0.349. The van der Waals surface area contributed by atoms with E-state index in [1.807, 2.05) is 0 Å². The van der Waals surface area contributed by atoms with Crippen molar-refractivity contribution in [3.05, 3.63) is 64.7 Å². The van der Waals surface area contributed by atoms with E-state index < -0.39 is 0 Å². The lowest BCUT2D eigenvalue weighted by molar-refractivity contribution is 0.0951. The van der Waals surface area contributed by atoms with Gasteiger partial charge in [0.05, 0.1) is 0 Å². The van der Waals surface area contributed by atoms with E-state index >= 15 is 0 Å². The van der Waals surface area contributed by atoms with Gasteiger partial charge in [0.1, 0.15) is 5.82 Å². The van der Waals surface area contributed by atoms with Crippen LogP contribution < -0.4 is 10.6 Å². The van der Waals surface area contributed by atoms with Crippen molar-refractivity contribution < 1.29 is 9.18 Å². The summed E-state index contributed by atoms with van der Waals surface area (Å²) in [4.78, 5) is 16.4. The number of hydrogen-bond acceptors (Lipinski definition) is 3. The number of hydrogen-bond donors (Lipinski definition) is 2. The van der Waals surface area contributed by atoms with E-state index in [0.717, 1.165) is 30.8 Å². The van der Waals surface area contributed by atoms with Crippen molar-refractivity contribution in [2.24, 2.45) is 0 Å². The molecule has 1 aromatic heterocycles. The predicted molar refractivity (Wildman–Crippen MR) is 77.2 cm³/mol. The molecule has 2 heterocycles. The number of benzene rings is 1. The molecule has 1 aliphatic heterocycles. The van der Waals surface area contributed by atoms with Gasteiger partial charge in [-0.2, -0.15) is 0 Å². The number of rotatable bonds is 3. The summed E-state index contributed by atoms with van der Waals surface area (Å²) in [5, 5.41) is 6.12. The van der Waals surface area contributed by atoms with Crippen LogP contribution in [0.5, 0.6) is 0 Å². The molecule has 0 bridgehead atoms. The number of aromatic nitrogens is 1. The smallest absolute Gasteiger partial charge is 0.251 e. The van der Waals surface area contributed by atoms with Crippen LogP contribution in [0.1, 0.15) is 27.2 Å². The molecule has 4 nitrogen and oxygen atoms in total. The van der Waals surface area contributed by atoms with Gasteiger partial charge in [0.15, 0.2) is 0 Å². The lowest BCUT2D eigenvalue weighted by Gasteiger charge is -2.16. The summed E-state index contributed by atoms with van der Waals surface area (Å²) in [6.45, 7) is 2.19. The van der Waals surface area contributed by atoms with Crippen LogP contribution in [-0.4, -0.2) is 17.4 Å². The molecule has 21 heavy (non-hydrogen) atoms. The van der Waals surface area contributed by atoms with Gasteiger partial charge in [-0.05, 0) is 41.5 Å². The molecule has 0 aliphatic carbocycles. The molecule has 1 aliphatic rings. The highest BCUT2D eigenvalue weighted by Crippen LogP contribution is 2.13. The third-order valence-electron chi connectivity index (χ3n) is 3.53. The Kier molecular flexibility index (Phi) is 3.92. The van der Waals surface area contributed by atoms with Crippen molar-refractivity contribution in [1.29, 1.82) is 0 Å². The Morgan fingerprint density at radius 1 is 1.33 bits per heavy atom. The van der Waals surface area contributed by atoms with Gasteiger partial charge in [-0.25, -0.2) is 4.39 Å². The molecule has 2 N–H and O–H groups in total. The second-order valence-electron chi connectivity index (χ2n) is 5.07. The average molecular weight is 285 g/mol. The first-order valence-electron chi connectivity index (χ1n) is 6.93. The Labute approximate surface area is 122 Å². The van der Waals surface area contributed by atoms with Crippen LogP contribution in [0.4, 0.5) is 4.39 Å². The topological polar surface area (TPSA) is 54.0 Å². The van der Waals surface area contributed by atoms with Crippen LogP contribution in [0.15, 0.2) is 36.5 Å². The Bertz CT molecular complexity index is 655. The fourth-order valence-electron chi connectivity index (χ4n) is 2.38. The maximum atomic E-state index is 12.8. The molecule has 1 amide bonds. The monoisotopic (exact) mass is 285 g/mol. The third-order valence-corrected chi connectivity index (χ3v) is 3.53. The zero-order chi connectivity index (χ0) is 14.7. The van der Waals surface area contributed by atoms with E-state index in [0.29, 0.717) is 12.1 Å². The van der Waals surface area contributed by atoms with Crippen molar-refractivity contribution in [1.82, 2.24) is 15.6 Å². The van der Waals surface area contributed by atoms with Crippen molar-refractivity contribution in [3.63, 3.8) is 0 Å². The SMILES string of the molecule is O=C(NCc1cnc2c(c1)CNCC2)c1ccc(F)cc1. The van der Waals surface area contributed by atoms with Crippen molar-refractivity contribution >= 4 is 5.91 Å². The Hall–Kier alpha value is -2.27. The molecule has 2 aromatic rings. The summed E-state index contributed by atoms with van der Waals surface area (Å²) in [6.07, 6.45) is 2.74. The molecule has 1 aromatic carbocycles. The van der Waals surface area contributed by atoms with Gasteiger partial charge in [-0.3, -0.25) is 9.78 Å². The quantitative estimate of drug-likeness (QED) is 0.904. The van der Waals surface area contributed by atoms with Crippen LogP contribution in [-0.2, 0) is 19.5 Å². The fourth-order valence-corrected chi connectivity index (χ4v) is 2.38.